The van der Waals surface area contributed by atoms with Gasteiger partial charge in [-0.2, -0.15) is 0 Å². The summed E-state index contributed by atoms with van der Waals surface area (Å²) in [7, 11) is 1.83. The highest BCUT2D eigenvalue weighted by Gasteiger charge is 2.11. The molecule has 102 valence electrons. The summed E-state index contributed by atoms with van der Waals surface area (Å²) >= 11 is 1.63. The Morgan fingerprint density at radius 1 is 1.25 bits per heavy atom. The third-order valence-electron chi connectivity index (χ3n) is 3.11. The first-order chi connectivity index (χ1) is 9.67. The zero-order chi connectivity index (χ0) is 14.1. The normalized spacial score (nSPS) is 10.9. The standard InChI is InChI=1S/C15H14FN3S/c1-9-7-11-14(17-2)18-13(19-15(11)20-9)8-10-5-3-4-6-12(10)16/h3-7H,8H2,1-2H3,(H,17,18,19). The van der Waals surface area contributed by atoms with E-state index in [2.05, 4.69) is 21.4 Å². The van der Waals surface area contributed by atoms with E-state index in [0.29, 0.717) is 17.8 Å². The van der Waals surface area contributed by atoms with Crippen LogP contribution in [0.5, 0.6) is 0 Å². The molecule has 3 nitrogen and oxygen atoms in total. The quantitative estimate of drug-likeness (QED) is 0.797. The van der Waals surface area contributed by atoms with Crippen LogP contribution in [0.1, 0.15) is 16.3 Å². The topological polar surface area (TPSA) is 37.8 Å². The summed E-state index contributed by atoms with van der Waals surface area (Å²) in [5.74, 6) is 1.21. The van der Waals surface area contributed by atoms with Crippen LogP contribution >= 0.6 is 11.3 Å². The first kappa shape index (κ1) is 13.0. The van der Waals surface area contributed by atoms with Crippen LogP contribution in [0, 0.1) is 12.7 Å². The third kappa shape index (κ3) is 2.36. The van der Waals surface area contributed by atoms with E-state index in [0.717, 1.165) is 16.0 Å². The van der Waals surface area contributed by atoms with Crippen molar-refractivity contribution in [3.8, 4) is 0 Å². The maximum absolute atomic E-state index is 13.7. The molecule has 0 aliphatic carbocycles. The molecular weight excluding hydrogens is 273 g/mol. The number of nitrogens with one attached hydrogen (secondary N) is 1. The number of hydrogen-bond acceptors (Lipinski definition) is 4. The van der Waals surface area contributed by atoms with Gasteiger partial charge in [0.25, 0.3) is 0 Å². The molecule has 1 aromatic carbocycles. The van der Waals surface area contributed by atoms with E-state index >= 15 is 0 Å². The van der Waals surface area contributed by atoms with Crippen molar-refractivity contribution in [2.45, 2.75) is 13.3 Å². The van der Waals surface area contributed by atoms with Crippen molar-refractivity contribution in [2.75, 3.05) is 12.4 Å². The van der Waals surface area contributed by atoms with Gasteiger partial charge in [-0.25, -0.2) is 14.4 Å². The number of fused-ring (bicyclic) bond motifs is 1. The number of thiophene rings is 1. The molecule has 0 unspecified atom stereocenters. The van der Waals surface area contributed by atoms with E-state index in [9.17, 15) is 4.39 Å². The average molecular weight is 287 g/mol. The number of aromatic nitrogens is 2. The first-order valence-corrected chi connectivity index (χ1v) is 7.17. The third-order valence-corrected chi connectivity index (χ3v) is 4.05. The lowest BCUT2D eigenvalue weighted by Gasteiger charge is -2.06. The fraction of sp³-hybridized carbons (Fsp3) is 0.200. The Bertz CT molecular complexity index is 767. The van der Waals surface area contributed by atoms with Gasteiger partial charge in [0.15, 0.2) is 0 Å². The maximum atomic E-state index is 13.7. The molecule has 0 saturated heterocycles. The fourth-order valence-electron chi connectivity index (χ4n) is 2.17. The molecular formula is C15H14FN3S. The molecule has 5 heteroatoms. The zero-order valence-corrected chi connectivity index (χ0v) is 12.1. The number of halogens is 1. The van der Waals surface area contributed by atoms with Crippen molar-refractivity contribution in [1.82, 2.24) is 9.97 Å². The van der Waals surface area contributed by atoms with Crippen LogP contribution in [0.2, 0.25) is 0 Å². The van der Waals surface area contributed by atoms with E-state index in [1.807, 2.05) is 20.0 Å². The number of benzene rings is 1. The summed E-state index contributed by atoms with van der Waals surface area (Å²) in [6, 6.07) is 8.80. The summed E-state index contributed by atoms with van der Waals surface area (Å²) in [4.78, 5) is 11.2. The minimum atomic E-state index is -0.218. The van der Waals surface area contributed by atoms with Crippen LogP contribution in [0.4, 0.5) is 10.2 Å². The van der Waals surface area contributed by atoms with Crippen molar-refractivity contribution < 1.29 is 4.39 Å². The van der Waals surface area contributed by atoms with Gasteiger partial charge < -0.3 is 5.32 Å². The molecule has 20 heavy (non-hydrogen) atoms. The summed E-state index contributed by atoms with van der Waals surface area (Å²) in [5, 5.41) is 4.11. The number of hydrogen-bond donors (Lipinski definition) is 1. The fourth-order valence-corrected chi connectivity index (χ4v) is 3.07. The zero-order valence-electron chi connectivity index (χ0n) is 11.3. The van der Waals surface area contributed by atoms with Gasteiger partial charge in [0.1, 0.15) is 22.3 Å². The molecule has 3 rings (SSSR count). The van der Waals surface area contributed by atoms with E-state index < -0.39 is 0 Å². The van der Waals surface area contributed by atoms with E-state index in [4.69, 9.17) is 0 Å². The molecule has 0 aliphatic rings. The number of aryl methyl sites for hydroxylation is 1. The SMILES string of the molecule is CNc1nc(Cc2ccccc2F)nc2sc(C)cc12. The molecule has 0 saturated carbocycles. The van der Waals surface area contributed by atoms with Gasteiger partial charge in [0.2, 0.25) is 0 Å². The second-order valence-electron chi connectivity index (χ2n) is 4.58. The summed E-state index contributed by atoms with van der Waals surface area (Å²) in [6.45, 7) is 2.04. The summed E-state index contributed by atoms with van der Waals surface area (Å²) in [6.07, 6.45) is 0.397. The Balaban J connectivity index is 2.06. The Labute approximate surface area is 120 Å². The predicted molar refractivity (Wildman–Crippen MR) is 80.9 cm³/mol. The van der Waals surface area contributed by atoms with Gasteiger partial charge in [-0.05, 0) is 24.6 Å². The number of anilines is 1. The molecule has 2 aromatic heterocycles. The minimum absolute atomic E-state index is 0.218. The summed E-state index contributed by atoms with van der Waals surface area (Å²) in [5.41, 5.74) is 0.613. The monoisotopic (exact) mass is 287 g/mol. The van der Waals surface area contributed by atoms with E-state index in [1.54, 1.807) is 23.5 Å². The summed E-state index contributed by atoms with van der Waals surface area (Å²) < 4.78 is 13.7. The highest BCUT2D eigenvalue weighted by atomic mass is 32.1. The highest BCUT2D eigenvalue weighted by molar-refractivity contribution is 7.18. The smallest absolute Gasteiger partial charge is 0.138 e. The molecule has 0 atom stereocenters. The lowest BCUT2D eigenvalue weighted by Crippen LogP contribution is -2.02. The molecule has 0 bridgehead atoms. The van der Waals surface area contributed by atoms with Gasteiger partial charge in [-0.3, -0.25) is 0 Å². The Morgan fingerprint density at radius 2 is 2.05 bits per heavy atom. The van der Waals surface area contributed by atoms with Gasteiger partial charge in [0.05, 0.1) is 5.39 Å². The van der Waals surface area contributed by atoms with Gasteiger partial charge >= 0.3 is 0 Å². The largest absolute Gasteiger partial charge is 0.372 e. The molecule has 0 amide bonds. The van der Waals surface area contributed by atoms with Crippen LogP contribution < -0.4 is 5.32 Å². The van der Waals surface area contributed by atoms with Crippen LogP contribution in [0.15, 0.2) is 30.3 Å². The van der Waals surface area contributed by atoms with Crippen LogP contribution in [0.25, 0.3) is 10.2 Å². The first-order valence-electron chi connectivity index (χ1n) is 6.35. The van der Waals surface area contributed by atoms with Crippen LogP contribution in [-0.2, 0) is 6.42 Å². The number of rotatable bonds is 3. The highest BCUT2D eigenvalue weighted by Crippen LogP contribution is 2.28. The van der Waals surface area contributed by atoms with Crippen LogP contribution in [-0.4, -0.2) is 17.0 Å². The van der Waals surface area contributed by atoms with Crippen molar-refractivity contribution in [3.05, 3.63) is 52.4 Å². The molecule has 0 aliphatic heterocycles. The Kier molecular flexibility index (Phi) is 3.36. The Hall–Kier alpha value is -2.01. The molecule has 2 heterocycles. The molecule has 3 aromatic rings. The van der Waals surface area contributed by atoms with Gasteiger partial charge in [0, 0.05) is 18.3 Å². The van der Waals surface area contributed by atoms with Crippen molar-refractivity contribution >= 4 is 27.4 Å². The van der Waals surface area contributed by atoms with E-state index in [-0.39, 0.29) is 5.82 Å². The molecule has 0 fully saturated rings. The van der Waals surface area contributed by atoms with E-state index in [1.165, 1.54) is 10.9 Å². The van der Waals surface area contributed by atoms with Gasteiger partial charge in [-0.15, -0.1) is 11.3 Å². The van der Waals surface area contributed by atoms with Crippen molar-refractivity contribution in [2.24, 2.45) is 0 Å². The lowest BCUT2D eigenvalue weighted by atomic mass is 10.1. The second-order valence-corrected chi connectivity index (χ2v) is 5.82. The second kappa shape index (κ2) is 5.17. The lowest BCUT2D eigenvalue weighted by molar-refractivity contribution is 0.612. The Morgan fingerprint density at radius 3 is 2.80 bits per heavy atom. The predicted octanol–water partition coefficient (Wildman–Crippen LogP) is 3.77. The van der Waals surface area contributed by atoms with Crippen LogP contribution in [0.3, 0.4) is 0 Å². The minimum Gasteiger partial charge on any atom is -0.372 e. The molecule has 1 N–H and O–H groups in total. The molecule has 0 radical (unpaired) electrons. The molecule has 0 spiro atoms. The average Bonchev–Trinajstić information content (AvgIpc) is 2.80. The maximum Gasteiger partial charge on any atom is 0.138 e. The van der Waals surface area contributed by atoms with Gasteiger partial charge in [-0.1, -0.05) is 18.2 Å². The van der Waals surface area contributed by atoms with Crippen molar-refractivity contribution in [1.29, 1.82) is 0 Å². The number of nitrogens with zero attached hydrogens (tertiary/aromatic N) is 2. The van der Waals surface area contributed by atoms with Crippen molar-refractivity contribution in [3.63, 3.8) is 0 Å².